The molecule has 5 heterocycles. The quantitative estimate of drug-likeness (QED) is 0.139. The number of aliphatic imine (C=N–C) groups is 1. The predicted molar refractivity (Wildman–Crippen MR) is 176 cm³/mol. The number of benzene rings is 4. The van der Waals surface area contributed by atoms with Crippen LogP contribution in [0.5, 0.6) is 0 Å². The third-order valence-electron chi connectivity index (χ3n) is 8.11. The van der Waals surface area contributed by atoms with E-state index in [2.05, 4.69) is 0 Å². The van der Waals surface area contributed by atoms with Crippen LogP contribution in [-0.4, -0.2) is 20.9 Å². The Hall–Kier alpha value is -5.02. The van der Waals surface area contributed by atoms with Crippen molar-refractivity contribution in [2.75, 3.05) is 0 Å². The van der Waals surface area contributed by atoms with E-state index in [1.807, 2.05) is 133 Å². The van der Waals surface area contributed by atoms with Gasteiger partial charge in [-0.25, -0.2) is 0 Å². The molecule has 210 valence electrons. The Morgan fingerprint density at radius 1 is 0.614 bits per heavy atom. The second-order valence-electron chi connectivity index (χ2n) is 10.7. The number of rotatable bonds is 4. The molecule has 0 spiro atoms. The van der Waals surface area contributed by atoms with Gasteiger partial charge >= 0.3 is 16.8 Å². The number of quaternary nitrogens is 1. The van der Waals surface area contributed by atoms with Crippen LogP contribution in [0, 0.1) is 0 Å². The summed E-state index contributed by atoms with van der Waals surface area (Å²) in [6, 6.07) is 43.0. The highest BCUT2D eigenvalue weighted by molar-refractivity contribution is 7.23. The fourth-order valence-corrected chi connectivity index (χ4v) is 8.47. The van der Waals surface area contributed by atoms with Gasteiger partial charge < -0.3 is 0 Å². The zero-order chi connectivity index (χ0) is 29.4. The van der Waals surface area contributed by atoms with Crippen LogP contribution in [0.15, 0.2) is 138 Å². The van der Waals surface area contributed by atoms with Crippen LogP contribution in [0.2, 0.25) is 0 Å². The summed E-state index contributed by atoms with van der Waals surface area (Å²) in [7, 11) is 0. The SMILES string of the molecule is F[N+]1(F)n2c(-c3ccccc3)c3cc(-c4ccccc4)sc3c2N=C2c3sc(-c4ccccc4)cc3C(c3ccccc3)=[N+]21. The second-order valence-corrected chi connectivity index (χ2v) is 12.8. The summed E-state index contributed by atoms with van der Waals surface area (Å²) >= 11 is 3.01. The summed E-state index contributed by atoms with van der Waals surface area (Å²) in [5.41, 5.74) is 5.15. The van der Waals surface area contributed by atoms with Crippen LogP contribution < -0.4 is 5.15 Å². The summed E-state index contributed by atoms with van der Waals surface area (Å²) in [5.74, 6) is 0.523. The molecule has 2 aliphatic rings. The molecule has 8 heteroatoms. The summed E-state index contributed by atoms with van der Waals surface area (Å²) in [4.78, 5) is 7.89. The van der Waals surface area contributed by atoms with Gasteiger partial charge in [0.05, 0.1) is 10.2 Å². The highest BCUT2D eigenvalue weighted by Gasteiger charge is 2.62. The van der Waals surface area contributed by atoms with Crippen LogP contribution >= 0.6 is 22.7 Å². The van der Waals surface area contributed by atoms with Crippen molar-refractivity contribution in [3.8, 4) is 32.1 Å². The van der Waals surface area contributed by atoms with Crippen LogP contribution in [0.3, 0.4) is 0 Å². The molecule has 0 aliphatic carbocycles. The predicted octanol–water partition coefficient (Wildman–Crippen LogP) is 9.84. The number of amidine groups is 1. The van der Waals surface area contributed by atoms with Crippen molar-refractivity contribution in [2.24, 2.45) is 4.99 Å². The van der Waals surface area contributed by atoms with Gasteiger partial charge in [0.25, 0.3) is 0 Å². The topological polar surface area (TPSA) is 20.3 Å². The van der Waals surface area contributed by atoms with Crippen molar-refractivity contribution >= 4 is 50.1 Å². The van der Waals surface area contributed by atoms with Gasteiger partial charge in [0.2, 0.25) is 5.71 Å². The van der Waals surface area contributed by atoms with Crippen molar-refractivity contribution in [3.63, 3.8) is 0 Å². The molecule has 9 rings (SSSR count). The Morgan fingerprint density at radius 3 is 1.73 bits per heavy atom. The molecule has 44 heavy (non-hydrogen) atoms. The Labute approximate surface area is 259 Å². The minimum Gasteiger partial charge on any atom is -0.129 e. The Kier molecular flexibility index (Phi) is 5.49. The third-order valence-corrected chi connectivity index (χ3v) is 10.5. The van der Waals surface area contributed by atoms with Gasteiger partial charge in [-0.05, 0) is 32.9 Å². The molecule has 7 aromatic rings. The van der Waals surface area contributed by atoms with Gasteiger partial charge in [-0.15, -0.1) is 22.7 Å². The maximum Gasteiger partial charge on any atom is 0.404 e. The van der Waals surface area contributed by atoms with Gasteiger partial charge in [-0.2, -0.15) is 0 Å². The largest absolute Gasteiger partial charge is 0.404 e. The fourth-order valence-electron chi connectivity index (χ4n) is 6.19. The molecule has 0 N–H and O–H groups in total. The van der Waals surface area contributed by atoms with E-state index in [9.17, 15) is 0 Å². The molecule has 4 aromatic carbocycles. The maximum atomic E-state index is 17.4. The molecular formula is C36H22F2N4S2+2. The molecular weight excluding hydrogens is 591 g/mol. The summed E-state index contributed by atoms with van der Waals surface area (Å²) in [5, 5.41) is -1.77. The Morgan fingerprint density at radius 2 is 1.14 bits per heavy atom. The lowest BCUT2D eigenvalue weighted by Crippen LogP contribution is -2.56. The monoisotopic (exact) mass is 612 g/mol. The van der Waals surface area contributed by atoms with Crippen LogP contribution in [0.1, 0.15) is 16.0 Å². The molecule has 0 radical (unpaired) electrons. The normalized spacial score (nSPS) is 14.8. The number of aromatic nitrogens is 1. The minimum atomic E-state index is -2.53. The van der Waals surface area contributed by atoms with Crippen LogP contribution in [0.25, 0.3) is 42.2 Å². The second kappa shape index (κ2) is 9.49. The van der Waals surface area contributed by atoms with Crippen LogP contribution in [0.4, 0.5) is 14.8 Å². The first-order valence-electron chi connectivity index (χ1n) is 14.2. The molecule has 0 amide bonds. The van der Waals surface area contributed by atoms with E-state index in [4.69, 9.17) is 4.99 Å². The molecule has 0 saturated heterocycles. The first kappa shape index (κ1) is 25.5. The van der Waals surface area contributed by atoms with E-state index in [0.29, 0.717) is 22.5 Å². The number of fused-ring (bicyclic) bond motifs is 6. The lowest BCUT2D eigenvalue weighted by Gasteiger charge is -2.18. The lowest BCUT2D eigenvalue weighted by atomic mass is 10.0. The Balaban J connectivity index is 1.37. The molecule has 0 atom stereocenters. The molecule has 2 aliphatic heterocycles. The maximum absolute atomic E-state index is 17.4. The Bertz CT molecular complexity index is 2280. The van der Waals surface area contributed by atoms with E-state index in [1.165, 1.54) is 22.7 Å². The average molecular weight is 613 g/mol. The van der Waals surface area contributed by atoms with Crippen LogP contribution in [-0.2, 0) is 0 Å². The highest BCUT2D eigenvalue weighted by atomic mass is 32.1. The van der Waals surface area contributed by atoms with E-state index in [0.717, 1.165) is 50.8 Å². The van der Waals surface area contributed by atoms with E-state index >= 15 is 8.96 Å². The van der Waals surface area contributed by atoms with E-state index < -0.39 is 5.15 Å². The molecule has 0 bridgehead atoms. The van der Waals surface area contributed by atoms with E-state index in [-0.39, 0.29) is 11.7 Å². The van der Waals surface area contributed by atoms with E-state index in [1.54, 1.807) is 0 Å². The van der Waals surface area contributed by atoms with Crippen molar-refractivity contribution in [1.29, 1.82) is 0 Å². The van der Waals surface area contributed by atoms with Gasteiger partial charge in [0.15, 0.2) is 0 Å². The standard InChI is InChI=1S/C36H22F2N4S2/c37-42(38)40-31(25-17-9-3-10-18-25)27-21-29(23-13-5-1-6-14-23)43-33(27)35(40)39-36-34-28(22-30(44-34)24-15-7-2-8-16-24)32(41(36)42)26-19-11-4-12-20-26/h1-22H/q+2. The average Bonchev–Trinajstić information content (AvgIpc) is 3.83. The number of thiophene rings is 2. The summed E-state index contributed by atoms with van der Waals surface area (Å²) in [6.07, 6.45) is 0. The molecule has 0 unspecified atom stereocenters. The highest BCUT2D eigenvalue weighted by Crippen LogP contribution is 2.50. The molecule has 3 aromatic heterocycles. The smallest absolute Gasteiger partial charge is 0.129 e. The zero-order valence-electron chi connectivity index (χ0n) is 23.1. The van der Waals surface area contributed by atoms with Gasteiger partial charge in [-0.3, -0.25) is 0 Å². The first-order valence-corrected chi connectivity index (χ1v) is 15.8. The van der Waals surface area contributed by atoms with Gasteiger partial charge in [0.1, 0.15) is 24.2 Å². The minimum absolute atomic E-state index is 0.261. The summed E-state index contributed by atoms with van der Waals surface area (Å²) in [6.45, 7) is 0. The zero-order valence-corrected chi connectivity index (χ0v) is 24.7. The number of hydrogen-bond donors (Lipinski definition) is 0. The first-order chi connectivity index (χ1) is 21.6. The third kappa shape index (κ3) is 3.62. The summed E-state index contributed by atoms with van der Waals surface area (Å²) < 4.78 is 37.7. The number of nitrogens with zero attached hydrogens (tertiary/aromatic N) is 4. The fraction of sp³-hybridized carbons (Fsp3) is 0. The van der Waals surface area contributed by atoms with Crippen molar-refractivity contribution in [2.45, 2.75) is 0 Å². The van der Waals surface area contributed by atoms with Crippen molar-refractivity contribution in [1.82, 2.24) is 9.82 Å². The number of halogens is 2. The van der Waals surface area contributed by atoms with Gasteiger partial charge in [-0.1, -0.05) is 121 Å². The van der Waals surface area contributed by atoms with Crippen molar-refractivity contribution in [3.05, 3.63) is 149 Å². The van der Waals surface area contributed by atoms with Crippen molar-refractivity contribution < 1.29 is 13.6 Å². The van der Waals surface area contributed by atoms with Gasteiger partial charge in [0, 0.05) is 26.3 Å². The molecule has 0 saturated carbocycles. The molecule has 4 nitrogen and oxygen atoms in total. The molecule has 0 fully saturated rings. The number of hydrogen-bond acceptors (Lipinski definition) is 3. The lowest BCUT2D eigenvalue weighted by molar-refractivity contribution is -0.735.